The highest BCUT2D eigenvalue weighted by Crippen LogP contribution is 2.47. The number of aliphatic carboxylic acids is 1. The number of rotatable bonds is 6. The molecule has 1 saturated heterocycles. The van der Waals surface area contributed by atoms with Crippen LogP contribution >= 0.6 is 0 Å². The average molecular weight is 396 g/mol. The molecule has 2 aliphatic heterocycles. The average Bonchev–Trinajstić information content (AvgIpc) is 2.94. The fourth-order valence-corrected chi connectivity index (χ4v) is 4.61. The summed E-state index contributed by atoms with van der Waals surface area (Å²) >= 11 is 0. The lowest BCUT2D eigenvalue weighted by Gasteiger charge is -2.46. The number of fused-ring (bicyclic) bond motifs is 2. The number of ether oxygens (including phenoxy) is 1. The molecule has 0 unspecified atom stereocenters. The van der Waals surface area contributed by atoms with E-state index in [1.54, 1.807) is 6.92 Å². The van der Waals surface area contributed by atoms with E-state index in [-0.39, 0.29) is 30.2 Å². The number of carbonyl (C=O) groups is 2. The highest BCUT2D eigenvalue weighted by Gasteiger charge is 2.59. The zero-order valence-electron chi connectivity index (χ0n) is 16.5. The van der Waals surface area contributed by atoms with Crippen molar-refractivity contribution in [2.24, 2.45) is 11.8 Å². The number of hydrogen-bond donors (Lipinski definition) is 3. The van der Waals surface area contributed by atoms with Crippen molar-refractivity contribution in [2.45, 2.75) is 26.0 Å². The molecule has 3 N–H and O–H groups in total. The Morgan fingerprint density at radius 3 is 2.59 bits per heavy atom. The van der Waals surface area contributed by atoms with Crippen LogP contribution in [0, 0.1) is 11.8 Å². The minimum absolute atomic E-state index is 0.0134. The van der Waals surface area contributed by atoms with Crippen molar-refractivity contribution >= 4 is 28.3 Å². The van der Waals surface area contributed by atoms with Crippen LogP contribution < -0.4 is 10.1 Å². The van der Waals surface area contributed by atoms with E-state index in [2.05, 4.69) is 5.32 Å². The summed E-state index contributed by atoms with van der Waals surface area (Å²) in [7, 11) is 1.85. The Morgan fingerprint density at radius 1 is 1.24 bits per heavy atom. The molecule has 0 radical (unpaired) electrons. The summed E-state index contributed by atoms with van der Waals surface area (Å²) in [6.07, 6.45) is -0.820. The third-order valence-electron chi connectivity index (χ3n) is 6.05. The normalized spacial score (nSPS) is 24.3. The first-order valence-corrected chi connectivity index (χ1v) is 9.66. The number of hydrogen-bond acceptors (Lipinski definition) is 5. The summed E-state index contributed by atoms with van der Waals surface area (Å²) in [5.41, 5.74) is 1.53. The van der Waals surface area contributed by atoms with Crippen LogP contribution in [0.15, 0.2) is 47.7 Å². The van der Waals surface area contributed by atoms with E-state index >= 15 is 0 Å². The van der Waals surface area contributed by atoms with Gasteiger partial charge in [0.25, 0.3) is 0 Å². The summed E-state index contributed by atoms with van der Waals surface area (Å²) in [5, 5.41) is 24.7. The van der Waals surface area contributed by atoms with Crippen LogP contribution in [0.4, 0.5) is 5.69 Å². The van der Waals surface area contributed by atoms with Gasteiger partial charge in [-0.1, -0.05) is 31.2 Å². The predicted molar refractivity (Wildman–Crippen MR) is 109 cm³/mol. The van der Waals surface area contributed by atoms with E-state index in [9.17, 15) is 19.8 Å². The van der Waals surface area contributed by atoms with Crippen LogP contribution in [0.5, 0.6) is 5.75 Å². The van der Waals surface area contributed by atoms with Gasteiger partial charge in [-0.15, -0.1) is 0 Å². The number of amides is 1. The molecule has 2 aliphatic rings. The number of carbonyl (C=O) groups excluding carboxylic acids is 1. The molecule has 0 saturated carbocycles. The van der Waals surface area contributed by atoms with Gasteiger partial charge in [0.05, 0.1) is 18.1 Å². The Hall–Kier alpha value is -3.06. The number of benzene rings is 2. The molecule has 29 heavy (non-hydrogen) atoms. The fraction of sp³-hybridized carbons (Fsp3) is 0.364. The second-order valence-corrected chi connectivity index (χ2v) is 7.63. The second-order valence-electron chi connectivity index (χ2n) is 7.63. The topological polar surface area (TPSA) is 99.1 Å². The molecule has 152 valence electrons. The molecule has 7 heteroatoms. The minimum Gasteiger partial charge on any atom is -0.488 e. The SMILES string of the molecule is CNc1cccc2c(OCC3=C(C(=O)O)N4C(=O)[C@H]([C@@H](C)O)[C@H]4[C@H]3C)cccc12. The maximum Gasteiger partial charge on any atom is 0.352 e. The third kappa shape index (κ3) is 2.84. The van der Waals surface area contributed by atoms with Crippen LogP contribution in [0.3, 0.4) is 0 Å². The molecular formula is C22H24N2O5. The number of nitrogens with zero attached hydrogens (tertiary/aromatic N) is 1. The molecule has 2 aromatic rings. The minimum atomic E-state index is -1.15. The van der Waals surface area contributed by atoms with Gasteiger partial charge in [0, 0.05) is 35.0 Å². The first-order valence-electron chi connectivity index (χ1n) is 9.66. The highest BCUT2D eigenvalue weighted by atomic mass is 16.5. The summed E-state index contributed by atoms with van der Waals surface area (Å²) < 4.78 is 6.06. The van der Waals surface area contributed by atoms with Gasteiger partial charge < -0.3 is 25.2 Å². The number of nitrogens with one attached hydrogen (secondary N) is 1. The lowest BCUT2D eigenvalue weighted by atomic mass is 9.78. The summed E-state index contributed by atoms with van der Waals surface area (Å²) in [6.45, 7) is 3.52. The van der Waals surface area contributed by atoms with Gasteiger partial charge in [-0.3, -0.25) is 4.79 Å². The largest absolute Gasteiger partial charge is 0.488 e. The second kappa shape index (κ2) is 7.08. The van der Waals surface area contributed by atoms with Gasteiger partial charge >= 0.3 is 5.97 Å². The quantitative estimate of drug-likeness (QED) is 0.649. The van der Waals surface area contributed by atoms with Gasteiger partial charge in [0.15, 0.2) is 0 Å². The van der Waals surface area contributed by atoms with Crippen molar-refractivity contribution in [2.75, 3.05) is 19.0 Å². The number of carboxylic acids is 1. The molecule has 1 amide bonds. The van der Waals surface area contributed by atoms with Crippen molar-refractivity contribution < 1.29 is 24.5 Å². The van der Waals surface area contributed by atoms with E-state index in [0.717, 1.165) is 16.5 Å². The molecule has 2 aromatic carbocycles. The molecule has 1 fully saturated rings. The first-order chi connectivity index (χ1) is 13.9. The molecule has 4 atom stereocenters. The molecule has 2 heterocycles. The van der Waals surface area contributed by atoms with E-state index < -0.39 is 18.0 Å². The fourth-order valence-electron chi connectivity index (χ4n) is 4.61. The molecule has 0 spiro atoms. The molecule has 0 aromatic heterocycles. The number of aliphatic hydroxyl groups is 1. The Balaban J connectivity index is 1.66. The van der Waals surface area contributed by atoms with Crippen LogP contribution in [-0.2, 0) is 9.59 Å². The molecule has 7 nitrogen and oxygen atoms in total. The predicted octanol–water partition coefficient (Wildman–Crippen LogP) is 2.46. The molecule has 0 aliphatic carbocycles. The van der Waals surface area contributed by atoms with Gasteiger partial charge in [-0.05, 0) is 19.1 Å². The van der Waals surface area contributed by atoms with Gasteiger partial charge in [-0.2, -0.15) is 0 Å². The standard InChI is InChI=1S/C22H24N2O5/c1-11-15(20(22(27)28)24-19(11)18(12(2)25)21(24)26)10-29-17-9-5-6-13-14(17)7-4-8-16(13)23-3/h4-9,11-12,18-19,23,25H,10H2,1-3H3,(H,27,28)/t11-,12+,18+,19+/m0/s1. The van der Waals surface area contributed by atoms with Crippen molar-refractivity contribution in [3.63, 3.8) is 0 Å². The number of carboxylic acid groups (broad SMARTS) is 1. The molecule has 0 bridgehead atoms. The van der Waals surface area contributed by atoms with Crippen LogP contribution in [0.25, 0.3) is 10.8 Å². The summed E-state index contributed by atoms with van der Waals surface area (Å²) in [4.78, 5) is 25.6. The van der Waals surface area contributed by atoms with Gasteiger partial charge in [-0.25, -0.2) is 4.79 Å². The summed E-state index contributed by atoms with van der Waals surface area (Å²) in [5.74, 6) is -1.62. The van der Waals surface area contributed by atoms with Crippen LogP contribution in [-0.4, -0.2) is 52.8 Å². The van der Waals surface area contributed by atoms with Crippen molar-refractivity contribution in [1.82, 2.24) is 4.90 Å². The monoisotopic (exact) mass is 396 g/mol. The number of aliphatic hydroxyl groups excluding tert-OH is 1. The third-order valence-corrected chi connectivity index (χ3v) is 6.05. The smallest absolute Gasteiger partial charge is 0.352 e. The van der Waals surface area contributed by atoms with Crippen molar-refractivity contribution in [1.29, 1.82) is 0 Å². The first kappa shape index (κ1) is 19.3. The lowest BCUT2D eigenvalue weighted by molar-refractivity contribution is -0.163. The summed E-state index contributed by atoms with van der Waals surface area (Å²) in [6, 6.07) is 11.3. The maximum atomic E-state index is 12.4. The Bertz CT molecular complexity index is 1030. The maximum absolute atomic E-state index is 12.4. The lowest BCUT2D eigenvalue weighted by Crippen LogP contribution is -2.63. The Morgan fingerprint density at radius 2 is 1.93 bits per heavy atom. The highest BCUT2D eigenvalue weighted by molar-refractivity contribution is 6.00. The van der Waals surface area contributed by atoms with Gasteiger partial charge in [0.2, 0.25) is 5.91 Å². The molecule has 4 rings (SSSR count). The zero-order chi connectivity index (χ0) is 20.9. The van der Waals surface area contributed by atoms with E-state index in [4.69, 9.17) is 4.74 Å². The van der Waals surface area contributed by atoms with E-state index in [0.29, 0.717) is 11.3 Å². The zero-order valence-corrected chi connectivity index (χ0v) is 16.5. The molecular weight excluding hydrogens is 372 g/mol. The van der Waals surface area contributed by atoms with E-state index in [1.165, 1.54) is 4.90 Å². The van der Waals surface area contributed by atoms with Gasteiger partial charge in [0.1, 0.15) is 18.1 Å². The van der Waals surface area contributed by atoms with Crippen LogP contribution in [0.2, 0.25) is 0 Å². The Kier molecular flexibility index (Phi) is 4.70. The van der Waals surface area contributed by atoms with Crippen molar-refractivity contribution in [3.8, 4) is 5.75 Å². The van der Waals surface area contributed by atoms with Crippen LogP contribution in [0.1, 0.15) is 13.8 Å². The number of β-lactam (4-membered cyclic amide) rings is 1. The van der Waals surface area contributed by atoms with Crippen molar-refractivity contribution in [3.05, 3.63) is 47.7 Å². The number of anilines is 1. The van der Waals surface area contributed by atoms with E-state index in [1.807, 2.05) is 50.4 Å². The Labute approximate surface area is 168 Å².